The van der Waals surface area contributed by atoms with Gasteiger partial charge < -0.3 is 10.6 Å². The number of likely N-dealkylation sites (N-methyl/N-ethyl adjacent to an activating group) is 1. The van der Waals surface area contributed by atoms with Crippen molar-refractivity contribution in [3.8, 4) is 0 Å². The van der Waals surface area contributed by atoms with Gasteiger partial charge in [-0.3, -0.25) is 9.59 Å². The zero-order chi connectivity index (χ0) is 16.1. The van der Waals surface area contributed by atoms with E-state index in [0.717, 1.165) is 18.4 Å². The van der Waals surface area contributed by atoms with E-state index in [9.17, 15) is 9.59 Å². The van der Waals surface area contributed by atoms with Crippen molar-refractivity contribution in [3.05, 3.63) is 34.9 Å². The average Bonchev–Trinajstić information content (AvgIpc) is 2.57. The normalized spacial score (nSPS) is 15.0. The first-order valence-corrected chi connectivity index (χ1v) is 8.13. The molecule has 1 aliphatic rings. The summed E-state index contributed by atoms with van der Waals surface area (Å²) in [5, 5.41) is 0. The van der Waals surface area contributed by atoms with E-state index in [0.29, 0.717) is 6.54 Å². The lowest BCUT2D eigenvalue weighted by atomic mass is 9.89. The van der Waals surface area contributed by atoms with Gasteiger partial charge in [0, 0.05) is 38.0 Å². The minimum absolute atomic E-state index is 0.00588. The third-order valence-corrected chi connectivity index (χ3v) is 4.63. The Morgan fingerprint density at radius 3 is 2.55 bits per heavy atom. The number of carbonyl (C=O) groups is 2. The quantitative estimate of drug-likeness (QED) is 0.820. The molecule has 1 atom stereocenters. The molecular formula is C18H26N2O2. The Morgan fingerprint density at radius 1 is 1.18 bits per heavy atom. The monoisotopic (exact) mass is 302 g/mol. The van der Waals surface area contributed by atoms with Crippen LogP contribution >= 0.6 is 0 Å². The minimum atomic E-state index is -0.0238. The van der Waals surface area contributed by atoms with Gasteiger partial charge in [-0.2, -0.15) is 0 Å². The summed E-state index contributed by atoms with van der Waals surface area (Å²) < 4.78 is 0. The van der Waals surface area contributed by atoms with Gasteiger partial charge in [0.15, 0.2) is 5.78 Å². The highest BCUT2D eigenvalue weighted by molar-refractivity contribution is 5.98. The summed E-state index contributed by atoms with van der Waals surface area (Å²) >= 11 is 0. The lowest BCUT2D eigenvalue weighted by Gasteiger charge is -2.23. The lowest BCUT2D eigenvalue weighted by molar-refractivity contribution is -0.131. The van der Waals surface area contributed by atoms with Crippen LogP contribution in [0.2, 0.25) is 0 Å². The predicted molar refractivity (Wildman–Crippen MR) is 87.9 cm³/mol. The van der Waals surface area contributed by atoms with Crippen molar-refractivity contribution in [2.75, 3.05) is 13.6 Å². The zero-order valence-electron chi connectivity index (χ0n) is 13.6. The molecule has 4 nitrogen and oxygen atoms in total. The maximum Gasteiger partial charge on any atom is 0.223 e. The van der Waals surface area contributed by atoms with Gasteiger partial charge >= 0.3 is 0 Å². The van der Waals surface area contributed by atoms with Gasteiger partial charge in [-0.05, 0) is 49.8 Å². The molecule has 1 amide bonds. The molecule has 2 rings (SSSR count). The van der Waals surface area contributed by atoms with Crippen LogP contribution in [0.25, 0.3) is 0 Å². The molecule has 0 fully saturated rings. The highest BCUT2D eigenvalue weighted by Gasteiger charge is 2.17. The van der Waals surface area contributed by atoms with Crippen LogP contribution in [-0.4, -0.2) is 36.2 Å². The SMILES string of the molecule is CC(CN)N(C)C(=O)CCC(=O)c1ccc2c(c1)CCCC2. The van der Waals surface area contributed by atoms with Crippen molar-refractivity contribution in [3.63, 3.8) is 0 Å². The fraction of sp³-hybridized carbons (Fsp3) is 0.556. The molecule has 4 heteroatoms. The Morgan fingerprint density at radius 2 is 1.86 bits per heavy atom. The molecule has 1 aromatic rings. The van der Waals surface area contributed by atoms with Crippen molar-refractivity contribution >= 4 is 11.7 Å². The zero-order valence-corrected chi connectivity index (χ0v) is 13.6. The van der Waals surface area contributed by atoms with Gasteiger partial charge in [-0.15, -0.1) is 0 Å². The number of fused-ring (bicyclic) bond motifs is 1. The highest BCUT2D eigenvalue weighted by Crippen LogP contribution is 2.23. The van der Waals surface area contributed by atoms with Gasteiger partial charge in [0.25, 0.3) is 0 Å². The van der Waals surface area contributed by atoms with Crippen molar-refractivity contribution in [1.29, 1.82) is 0 Å². The molecule has 0 saturated heterocycles. The summed E-state index contributed by atoms with van der Waals surface area (Å²) in [6.07, 6.45) is 5.12. The van der Waals surface area contributed by atoms with E-state index in [1.54, 1.807) is 11.9 Å². The Kier molecular flexibility index (Phi) is 5.72. The third-order valence-electron chi connectivity index (χ3n) is 4.63. The molecule has 1 aromatic carbocycles. The number of amides is 1. The van der Waals surface area contributed by atoms with E-state index in [4.69, 9.17) is 5.73 Å². The first kappa shape index (κ1) is 16.7. The molecule has 1 aliphatic carbocycles. The molecule has 22 heavy (non-hydrogen) atoms. The summed E-state index contributed by atoms with van der Waals surface area (Å²) in [7, 11) is 1.74. The van der Waals surface area contributed by atoms with E-state index in [2.05, 4.69) is 6.07 Å². The molecule has 0 aromatic heterocycles. The van der Waals surface area contributed by atoms with Gasteiger partial charge in [0.1, 0.15) is 0 Å². The van der Waals surface area contributed by atoms with Crippen LogP contribution in [0.3, 0.4) is 0 Å². The maximum absolute atomic E-state index is 12.3. The van der Waals surface area contributed by atoms with E-state index in [1.807, 2.05) is 19.1 Å². The Hall–Kier alpha value is -1.68. The minimum Gasteiger partial charge on any atom is -0.342 e. The number of benzene rings is 1. The highest BCUT2D eigenvalue weighted by atomic mass is 16.2. The molecule has 2 N–H and O–H groups in total. The van der Waals surface area contributed by atoms with Gasteiger partial charge in [-0.1, -0.05) is 12.1 Å². The molecule has 120 valence electrons. The van der Waals surface area contributed by atoms with Crippen LogP contribution in [0.15, 0.2) is 18.2 Å². The second-order valence-corrected chi connectivity index (χ2v) is 6.20. The Balaban J connectivity index is 1.94. The second-order valence-electron chi connectivity index (χ2n) is 6.20. The summed E-state index contributed by atoms with van der Waals surface area (Å²) in [6.45, 7) is 2.34. The maximum atomic E-state index is 12.3. The summed E-state index contributed by atoms with van der Waals surface area (Å²) in [6, 6.07) is 6.01. The van der Waals surface area contributed by atoms with Crippen LogP contribution in [0.4, 0.5) is 0 Å². The molecule has 1 unspecified atom stereocenters. The molecule has 0 bridgehead atoms. The van der Waals surface area contributed by atoms with Crippen LogP contribution in [0, 0.1) is 0 Å². The smallest absolute Gasteiger partial charge is 0.223 e. The van der Waals surface area contributed by atoms with Crippen molar-refractivity contribution in [1.82, 2.24) is 4.90 Å². The summed E-state index contributed by atoms with van der Waals surface area (Å²) in [5.74, 6) is 0.0276. The second kappa shape index (κ2) is 7.54. The topological polar surface area (TPSA) is 63.4 Å². The van der Waals surface area contributed by atoms with Crippen LogP contribution in [0.5, 0.6) is 0 Å². The molecule has 0 heterocycles. The Labute approximate surface area is 132 Å². The predicted octanol–water partition coefficient (Wildman–Crippen LogP) is 2.33. The van der Waals surface area contributed by atoms with Crippen molar-refractivity contribution < 1.29 is 9.59 Å². The number of Topliss-reactive ketones (excluding diaryl/α,β-unsaturated/α-hetero) is 1. The number of rotatable bonds is 6. The van der Waals surface area contributed by atoms with Crippen LogP contribution in [-0.2, 0) is 17.6 Å². The molecular weight excluding hydrogens is 276 g/mol. The Bertz CT molecular complexity index is 554. The number of carbonyl (C=O) groups excluding carboxylic acids is 2. The fourth-order valence-electron chi connectivity index (χ4n) is 2.85. The van der Waals surface area contributed by atoms with Crippen LogP contribution in [0.1, 0.15) is 54.1 Å². The standard InChI is InChI=1S/C18H26N2O2/c1-13(12-19)20(2)18(22)10-9-17(21)16-8-7-14-5-3-4-6-15(14)11-16/h7-8,11,13H,3-6,9-10,12,19H2,1-2H3. The number of hydrogen-bond donors (Lipinski definition) is 1. The number of ketones is 1. The van der Waals surface area contributed by atoms with E-state index in [1.165, 1.54) is 24.0 Å². The summed E-state index contributed by atoms with van der Waals surface area (Å²) in [5.41, 5.74) is 8.97. The first-order valence-electron chi connectivity index (χ1n) is 8.13. The number of nitrogens with two attached hydrogens (primary N) is 1. The van der Waals surface area contributed by atoms with Gasteiger partial charge in [-0.25, -0.2) is 0 Å². The number of hydrogen-bond acceptors (Lipinski definition) is 3. The van der Waals surface area contributed by atoms with Gasteiger partial charge in [0.05, 0.1) is 0 Å². The molecule has 0 spiro atoms. The first-order chi connectivity index (χ1) is 10.5. The fourth-order valence-corrected chi connectivity index (χ4v) is 2.85. The average molecular weight is 302 g/mol. The number of nitrogens with zero attached hydrogens (tertiary/aromatic N) is 1. The van der Waals surface area contributed by atoms with E-state index < -0.39 is 0 Å². The molecule has 0 aliphatic heterocycles. The molecule has 0 radical (unpaired) electrons. The van der Waals surface area contributed by atoms with Crippen molar-refractivity contribution in [2.24, 2.45) is 5.73 Å². The van der Waals surface area contributed by atoms with Crippen molar-refractivity contribution in [2.45, 2.75) is 51.5 Å². The van der Waals surface area contributed by atoms with Crippen LogP contribution < -0.4 is 5.73 Å². The third kappa shape index (κ3) is 3.95. The van der Waals surface area contributed by atoms with Gasteiger partial charge in [0.2, 0.25) is 5.91 Å². The van der Waals surface area contributed by atoms with E-state index >= 15 is 0 Å². The number of aryl methyl sites for hydroxylation is 2. The largest absolute Gasteiger partial charge is 0.342 e. The summed E-state index contributed by atoms with van der Waals surface area (Å²) in [4.78, 5) is 26.0. The lowest BCUT2D eigenvalue weighted by Crippen LogP contribution is -2.39. The molecule has 0 saturated carbocycles. The van der Waals surface area contributed by atoms with E-state index in [-0.39, 0.29) is 30.6 Å².